The topological polar surface area (TPSA) is 116 Å². The largest absolute Gasteiger partial charge is 0.392 e. The Morgan fingerprint density at radius 3 is 2.52 bits per heavy atom. The molecule has 4 aromatic rings. The first-order chi connectivity index (χ1) is 15.8. The van der Waals surface area contributed by atoms with Crippen molar-refractivity contribution in [3.63, 3.8) is 0 Å². The average molecular weight is 440 g/mol. The number of benzene rings is 2. The molecule has 33 heavy (non-hydrogen) atoms. The summed E-state index contributed by atoms with van der Waals surface area (Å²) in [7, 11) is 0. The molecule has 0 spiro atoms. The van der Waals surface area contributed by atoms with Crippen LogP contribution in [0.3, 0.4) is 0 Å². The van der Waals surface area contributed by atoms with Gasteiger partial charge in [0.2, 0.25) is 5.95 Å². The summed E-state index contributed by atoms with van der Waals surface area (Å²) in [5.74, 6) is 0.234. The Labute approximate surface area is 191 Å². The molecule has 4 rings (SSSR count). The van der Waals surface area contributed by atoms with Crippen LogP contribution in [0.4, 0.5) is 23.3 Å². The molecule has 2 heterocycles. The van der Waals surface area contributed by atoms with Crippen LogP contribution in [0.1, 0.15) is 36.2 Å². The van der Waals surface area contributed by atoms with Crippen LogP contribution in [0.15, 0.2) is 53.3 Å². The molecule has 0 aliphatic rings. The van der Waals surface area contributed by atoms with Crippen LogP contribution in [-0.2, 0) is 0 Å². The van der Waals surface area contributed by atoms with Gasteiger partial charge >= 0.3 is 0 Å². The van der Waals surface area contributed by atoms with Crippen LogP contribution in [-0.4, -0.2) is 14.5 Å². The molecule has 0 aliphatic heterocycles. The summed E-state index contributed by atoms with van der Waals surface area (Å²) < 4.78 is 1.75. The maximum absolute atomic E-state index is 13.8. The molecule has 0 bridgehead atoms. The maximum Gasteiger partial charge on any atom is 0.268 e. The molecular formula is C25H25N7O. The number of nitrogen functional groups attached to an aromatic ring is 2. The Balaban J connectivity index is 2.00. The lowest BCUT2D eigenvalue weighted by molar-refractivity contribution is 0.687. The molecule has 8 nitrogen and oxygen atoms in total. The first kappa shape index (κ1) is 21.8. The Kier molecular flexibility index (Phi) is 5.71. The van der Waals surface area contributed by atoms with Crippen molar-refractivity contribution >= 4 is 34.0 Å². The molecule has 8 heteroatoms. The lowest BCUT2D eigenvalue weighted by atomic mass is 10.0. The van der Waals surface area contributed by atoms with Crippen molar-refractivity contribution in [1.82, 2.24) is 14.5 Å². The second-order valence-electron chi connectivity index (χ2n) is 7.92. The van der Waals surface area contributed by atoms with Gasteiger partial charge in [0.25, 0.3) is 11.2 Å². The normalized spacial score (nSPS) is 11.8. The van der Waals surface area contributed by atoms with Crippen molar-refractivity contribution < 1.29 is 0 Å². The smallest absolute Gasteiger partial charge is 0.268 e. The Bertz CT molecular complexity index is 1470. The van der Waals surface area contributed by atoms with Gasteiger partial charge in [-0.15, -0.1) is 0 Å². The highest BCUT2D eigenvalue weighted by atomic mass is 16.1. The second-order valence-corrected chi connectivity index (χ2v) is 7.92. The minimum atomic E-state index is -0.351. The number of rotatable bonds is 5. The van der Waals surface area contributed by atoms with Crippen LogP contribution >= 0.6 is 0 Å². The number of para-hydroxylation sites is 1. The van der Waals surface area contributed by atoms with E-state index in [0.29, 0.717) is 11.8 Å². The Morgan fingerprint density at radius 2 is 1.82 bits per heavy atom. The molecule has 0 fully saturated rings. The highest BCUT2D eigenvalue weighted by Crippen LogP contribution is 2.34. The lowest BCUT2D eigenvalue weighted by Gasteiger charge is -2.25. The number of anilines is 3. The summed E-state index contributed by atoms with van der Waals surface area (Å²) in [6.07, 6.45) is 0.615. The highest BCUT2D eigenvalue weighted by Gasteiger charge is 2.22. The number of fused-ring (bicyclic) bond motifs is 1. The number of nitrogens with two attached hydrogens (primary N) is 2. The monoisotopic (exact) mass is 439 g/mol. The first-order valence-corrected chi connectivity index (χ1v) is 10.6. The van der Waals surface area contributed by atoms with E-state index in [1.54, 1.807) is 4.57 Å². The third-order valence-electron chi connectivity index (χ3n) is 5.76. The van der Waals surface area contributed by atoms with Crippen LogP contribution in [0.5, 0.6) is 0 Å². The van der Waals surface area contributed by atoms with Crippen molar-refractivity contribution in [2.24, 2.45) is 0 Å². The number of nitrogens with one attached hydrogen (secondary N) is 1. The predicted octanol–water partition coefficient (Wildman–Crippen LogP) is 4.68. The minimum Gasteiger partial charge on any atom is -0.392 e. The Morgan fingerprint density at radius 1 is 1.09 bits per heavy atom. The van der Waals surface area contributed by atoms with Gasteiger partial charge in [0, 0.05) is 5.69 Å². The molecule has 5 N–H and O–H groups in total. The Hall–Kier alpha value is -4.38. The zero-order valence-electron chi connectivity index (χ0n) is 18.8. The van der Waals surface area contributed by atoms with Gasteiger partial charge in [0.15, 0.2) is 0 Å². The van der Waals surface area contributed by atoms with Crippen molar-refractivity contribution in [2.75, 3.05) is 16.8 Å². The van der Waals surface area contributed by atoms with Crippen molar-refractivity contribution in [3.05, 3.63) is 87.1 Å². The molecule has 0 amide bonds. The van der Waals surface area contributed by atoms with Gasteiger partial charge in [-0.1, -0.05) is 43.3 Å². The van der Waals surface area contributed by atoms with Crippen LogP contribution in [0.25, 0.3) is 21.3 Å². The minimum absolute atomic E-state index is 0.0142. The summed E-state index contributed by atoms with van der Waals surface area (Å²) in [4.78, 5) is 25.4. The zero-order chi connectivity index (χ0) is 23.7. The van der Waals surface area contributed by atoms with Gasteiger partial charge in [-0.05, 0) is 48.9 Å². The number of hydrogen-bond acceptors (Lipinski definition) is 6. The SMILES string of the molecule is [C-]#[N+]c1c(N)nc(N)nc1N[C@@H](CC)c1cc2cccc(C)c2c(=O)n1-c1ccccc1C. The van der Waals surface area contributed by atoms with Crippen molar-refractivity contribution in [2.45, 2.75) is 33.2 Å². The number of hydrogen-bond donors (Lipinski definition) is 3. The predicted molar refractivity (Wildman–Crippen MR) is 133 cm³/mol. The van der Waals surface area contributed by atoms with Crippen LogP contribution in [0, 0.1) is 20.4 Å². The number of aryl methyl sites for hydroxylation is 2. The van der Waals surface area contributed by atoms with Gasteiger partial charge in [-0.2, -0.15) is 0 Å². The average Bonchev–Trinajstić information content (AvgIpc) is 2.78. The fraction of sp³-hybridized carbons (Fsp3) is 0.200. The summed E-state index contributed by atoms with van der Waals surface area (Å²) in [6, 6.07) is 15.3. The fourth-order valence-electron chi connectivity index (χ4n) is 4.13. The van der Waals surface area contributed by atoms with Gasteiger partial charge in [0.05, 0.1) is 23.7 Å². The molecule has 0 radical (unpaired) electrons. The van der Waals surface area contributed by atoms with E-state index < -0.39 is 0 Å². The van der Waals surface area contributed by atoms with Gasteiger partial charge in [-0.3, -0.25) is 9.36 Å². The van der Waals surface area contributed by atoms with Crippen LogP contribution < -0.4 is 22.3 Å². The fourth-order valence-corrected chi connectivity index (χ4v) is 4.13. The second kappa shape index (κ2) is 8.63. The van der Waals surface area contributed by atoms with E-state index in [-0.39, 0.29) is 34.9 Å². The number of pyridine rings is 1. The number of aromatic nitrogens is 3. The summed E-state index contributed by atoms with van der Waals surface area (Å²) in [6.45, 7) is 13.4. The van der Waals surface area contributed by atoms with E-state index in [1.807, 2.05) is 69.3 Å². The molecule has 2 aromatic carbocycles. The van der Waals surface area contributed by atoms with Crippen molar-refractivity contribution in [3.8, 4) is 5.69 Å². The molecule has 0 saturated heterocycles. The van der Waals surface area contributed by atoms with E-state index in [4.69, 9.17) is 18.0 Å². The van der Waals surface area contributed by atoms with E-state index in [2.05, 4.69) is 20.1 Å². The molecule has 0 unspecified atom stereocenters. The van der Waals surface area contributed by atoms with Gasteiger partial charge < -0.3 is 16.8 Å². The number of nitrogens with zero attached hydrogens (tertiary/aromatic N) is 4. The standard InChI is InChI=1S/C25H25N7O/c1-5-17(29-23-21(28-4)22(26)30-25(27)31-23)19-13-16-11-8-10-15(3)20(16)24(33)32(19)18-12-7-6-9-14(18)2/h6-13,17H,5H2,1-3H3,(H5,26,27,29,30,31)/t17-/m0/s1. The molecule has 2 aromatic heterocycles. The molecule has 1 atom stereocenters. The lowest BCUT2D eigenvalue weighted by Crippen LogP contribution is -2.27. The zero-order valence-corrected chi connectivity index (χ0v) is 18.8. The van der Waals surface area contributed by atoms with Crippen molar-refractivity contribution in [1.29, 1.82) is 0 Å². The quantitative estimate of drug-likeness (QED) is 0.389. The first-order valence-electron chi connectivity index (χ1n) is 10.6. The van der Waals surface area contributed by atoms with Gasteiger partial charge in [-0.25, -0.2) is 14.8 Å². The highest BCUT2D eigenvalue weighted by molar-refractivity contribution is 5.86. The van der Waals surface area contributed by atoms with E-state index >= 15 is 0 Å². The van der Waals surface area contributed by atoms with E-state index in [1.165, 1.54) is 0 Å². The molecule has 0 saturated carbocycles. The third kappa shape index (κ3) is 3.85. The van der Waals surface area contributed by atoms with E-state index in [9.17, 15) is 4.79 Å². The van der Waals surface area contributed by atoms with E-state index in [0.717, 1.165) is 27.9 Å². The summed E-state index contributed by atoms with van der Waals surface area (Å²) in [5.41, 5.74) is 15.1. The molecular weight excluding hydrogens is 414 g/mol. The maximum atomic E-state index is 13.8. The third-order valence-corrected chi connectivity index (χ3v) is 5.76. The summed E-state index contributed by atoms with van der Waals surface area (Å²) >= 11 is 0. The van der Waals surface area contributed by atoms with Crippen LogP contribution in [0.2, 0.25) is 0 Å². The van der Waals surface area contributed by atoms with Gasteiger partial charge in [0.1, 0.15) is 11.6 Å². The molecule has 166 valence electrons. The molecule has 0 aliphatic carbocycles. The summed E-state index contributed by atoms with van der Waals surface area (Å²) in [5, 5.41) is 4.83.